The van der Waals surface area contributed by atoms with Gasteiger partial charge in [-0.3, -0.25) is 4.49 Å². The number of nitrogens with zero attached hydrogens (tertiary/aromatic N) is 2. The van der Waals surface area contributed by atoms with Crippen molar-refractivity contribution in [2.45, 2.75) is 13.3 Å². The van der Waals surface area contributed by atoms with Crippen molar-refractivity contribution in [3.05, 3.63) is 112 Å². The maximum absolute atomic E-state index is 5.93. The molecule has 0 atom stereocenters. The zero-order valence-corrected chi connectivity index (χ0v) is 18.3. The van der Waals surface area contributed by atoms with E-state index in [-0.39, 0.29) is 0 Å². The van der Waals surface area contributed by atoms with Crippen LogP contribution in [0.5, 0.6) is 0 Å². The minimum absolute atomic E-state index is 0.640. The number of fused-ring (bicyclic) bond motifs is 2. The Kier molecular flexibility index (Phi) is 5.61. The molecule has 0 aliphatic carbocycles. The van der Waals surface area contributed by atoms with Crippen LogP contribution in [-0.2, 0) is 0 Å². The quantitative estimate of drug-likeness (QED) is 0.433. The molecule has 155 valence electrons. The van der Waals surface area contributed by atoms with Gasteiger partial charge in [0.1, 0.15) is 6.21 Å². The second-order valence-corrected chi connectivity index (χ2v) is 8.15. The summed E-state index contributed by atoms with van der Waals surface area (Å²) in [6, 6.07) is 21.3. The van der Waals surface area contributed by atoms with Gasteiger partial charge in [-0.25, -0.2) is 0 Å². The summed E-state index contributed by atoms with van der Waals surface area (Å²) in [5.41, 5.74) is 15.8. The number of aromatic nitrogens is 1. The first-order valence-electron chi connectivity index (χ1n) is 11.0. The first kappa shape index (κ1) is 20.3. The lowest BCUT2D eigenvalue weighted by Crippen LogP contribution is -2.30. The molecule has 2 aromatic carbocycles. The Balaban J connectivity index is 1.38. The molecule has 2 aliphatic heterocycles. The van der Waals surface area contributed by atoms with Gasteiger partial charge in [0.2, 0.25) is 0 Å². The second-order valence-electron chi connectivity index (χ2n) is 8.15. The summed E-state index contributed by atoms with van der Waals surface area (Å²) >= 11 is 0. The van der Waals surface area contributed by atoms with Crippen molar-refractivity contribution >= 4 is 43.6 Å². The number of benzene rings is 2. The Morgan fingerprint density at radius 2 is 1.56 bits per heavy atom. The first-order valence-corrected chi connectivity index (χ1v) is 11.0. The Hall–Kier alpha value is -3.63. The van der Waals surface area contributed by atoms with E-state index < -0.39 is 0 Å². The van der Waals surface area contributed by atoms with Crippen LogP contribution in [0.15, 0.2) is 78.5 Å². The topological polar surface area (TPSA) is 34.0 Å². The summed E-state index contributed by atoms with van der Waals surface area (Å²) in [6.07, 6.45) is 15.9. The van der Waals surface area contributed by atoms with E-state index in [9.17, 15) is 0 Å². The minimum Gasteiger partial charge on any atom is -0.330 e. The van der Waals surface area contributed by atoms with E-state index in [2.05, 4.69) is 121 Å². The van der Waals surface area contributed by atoms with Crippen LogP contribution < -0.4 is 5.73 Å². The summed E-state index contributed by atoms with van der Waals surface area (Å²) in [7, 11) is 2.16. The van der Waals surface area contributed by atoms with Gasteiger partial charge in [-0.15, -0.1) is 0 Å². The molecule has 0 spiro atoms. The van der Waals surface area contributed by atoms with E-state index in [4.69, 9.17) is 5.73 Å². The van der Waals surface area contributed by atoms with Gasteiger partial charge in [-0.1, -0.05) is 72.8 Å². The van der Waals surface area contributed by atoms with Crippen molar-refractivity contribution in [3.8, 4) is 0 Å². The molecule has 4 heteroatoms. The minimum atomic E-state index is 0.640. The summed E-state index contributed by atoms with van der Waals surface area (Å²) in [4.78, 5) is 0. The number of hydrogen-bond acceptors (Lipinski definition) is 1. The highest BCUT2D eigenvalue weighted by molar-refractivity contribution is 6.28. The fraction of sp³-hybridized carbons (Fsp3) is 0.107. The Labute approximate surface area is 190 Å². The van der Waals surface area contributed by atoms with Crippen LogP contribution in [0.2, 0.25) is 0 Å². The molecule has 0 unspecified atom stereocenters. The molecule has 32 heavy (non-hydrogen) atoms. The molecule has 0 amide bonds. The Bertz CT molecular complexity index is 1290. The van der Waals surface area contributed by atoms with Crippen LogP contribution in [0.25, 0.3) is 29.9 Å². The summed E-state index contributed by atoms with van der Waals surface area (Å²) in [5, 5.41) is 0. The molecule has 0 saturated heterocycles. The molecular weight excluding hydrogens is 389 g/mol. The van der Waals surface area contributed by atoms with Crippen LogP contribution in [0.1, 0.15) is 40.1 Å². The van der Waals surface area contributed by atoms with Crippen molar-refractivity contribution < 1.29 is 4.49 Å². The third-order valence-electron chi connectivity index (χ3n) is 5.92. The number of rotatable bonds is 6. The maximum atomic E-state index is 5.93. The van der Waals surface area contributed by atoms with Gasteiger partial charge in [-0.2, -0.15) is 0 Å². The van der Waals surface area contributed by atoms with Crippen molar-refractivity contribution in [1.29, 1.82) is 0 Å². The van der Waals surface area contributed by atoms with Crippen LogP contribution in [0, 0.1) is 6.92 Å². The largest absolute Gasteiger partial charge is 0.699 e. The number of aryl methyl sites for hydroxylation is 1. The summed E-state index contributed by atoms with van der Waals surface area (Å²) < 4.78 is 4.46. The average molecular weight is 415 g/mol. The highest BCUT2D eigenvalue weighted by Crippen LogP contribution is 2.33. The van der Waals surface area contributed by atoms with Crippen molar-refractivity contribution in [1.82, 2.24) is 4.48 Å². The van der Waals surface area contributed by atoms with E-state index in [1.54, 1.807) is 0 Å². The van der Waals surface area contributed by atoms with E-state index in [0.29, 0.717) is 6.54 Å². The predicted octanol–water partition coefficient (Wildman–Crippen LogP) is 5.25. The first-order chi connectivity index (χ1) is 15.7. The number of hydrogen-bond donors (Lipinski definition) is 1. The lowest BCUT2D eigenvalue weighted by molar-refractivity contribution is -0.307. The lowest BCUT2D eigenvalue weighted by atomic mass is 9.94. The molecule has 3 aromatic rings. The smallest absolute Gasteiger partial charge is 0.330 e. The molecule has 3 heterocycles. The monoisotopic (exact) mass is 415 g/mol. The molecule has 2 aliphatic rings. The van der Waals surface area contributed by atoms with Crippen molar-refractivity contribution in [2.24, 2.45) is 5.73 Å². The second kappa shape index (κ2) is 8.85. The molecule has 1 radical (unpaired) electrons. The molecule has 2 N–H and O–H groups in total. The van der Waals surface area contributed by atoms with Crippen LogP contribution >= 0.6 is 0 Å². The Morgan fingerprint density at radius 3 is 2.25 bits per heavy atom. The molecule has 5 rings (SSSR count). The van der Waals surface area contributed by atoms with Gasteiger partial charge in [0.05, 0.1) is 0 Å². The zero-order chi connectivity index (χ0) is 21.9. The molecule has 1 aromatic heterocycles. The molecule has 3 nitrogen and oxygen atoms in total. The van der Waals surface area contributed by atoms with Crippen LogP contribution in [0.3, 0.4) is 0 Å². The third kappa shape index (κ3) is 3.97. The number of allylic oxidation sites excluding steroid dienone is 2. The van der Waals surface area contributed by atoms with Gasteiger partial charge in [0.15, 0.2) is 5.70 Å². The summed E-state index contributed by atoms with van der Waals surface area (Å²) in [6.45, 7) is 2.82. The Morgan fingerprint density at radius 1 is 0.906 bits per heavy atom. The molecule has 0 bridgehead atoms. The molecule has 0 saturated carbocycles. The standard InChI is InChI=1S/C28H26BN3/c1-21-20-25(32-28(21)26(17-18-30)27-8-5-19-31(27)29-32)16-15-24-13-11-23(12-14-24)10-9-22-6-3-2-4-7-22/h2-16,19-20H,17-18,30H2,1H3/q+1. The SMILES string of the molecule is Cc1cc(C=Cc2ccc(C=Cc3ccccc3)cc2)n2c1C(CCN)=C1C=CC=[N+]1[B]2. The van der Waals surface area contributed by atoms with Gasteiger partial charge < -0.3 is 10.2 Å². The highest BCUT2D eigenvalue weighted by atomic mass is 15.1. The molecule has 0 fully saturated rings. The fourth-order valence-corrected chi connectivity index (χ4v) is 4.36. The van der Waals surface area contributed by atoms with E-state index in [0.717, 1.165) is 6.42 Å². The van der Waals surface area contributed by atoms with Crippen LogP contribution in [0.4, 0.5) is 0 Å². The van der Waals surface area contributed by atoms with Gasteiger partial charge in [0, 0.05) is 29.1 Å². The van der Waals surface area contributed by atoms with Crippen molar-refractivity contribution in [2.75, 3.05) is 6.54 Å². The van der Waals surface area contributed by atoms with E-state index in [1.165, 1.54) is 44.9 Å². The van der Waals surface area contributed by atoms with E-state index in [1.807, 2.05) is 6.07 Å². The predicted molar refractivity (Wildman–Crippen MR) is 137 cm³/mol. The van der Waals surface area contributed by atoms with Gasteiger partial charge in [0.25, 0.3) is 0 Å². The lowest BCUT2D eigenvalue weighted by Gasteiger charge is -2.18. The zero-order valence-electron chi connectivity index (χ0n) is 18.3. The van der Waals surface area contributed by atoms with Gasteiger partial charge >= 0.3 is 7.55 Å². The maximum Gasteiger partial charge on any atom is 0.699 e. The highest BCUT2D eigenvalue weighted by Gasteiger charge is 2.34. The fourth-order valence-electron chi connectivity index (χ4n) is 4.36. The molecular formula is C28H26BN3+. The average Bonchev–Trinajstić information content (AvgIpc) is 3.42. The van der Waals surface area contributed by atoms with E-state index >= 15 is 0 Å². The number of nitrogens with two attached hydrogens (primary N) is 1. The normalized spacial score (nSPS) is 14.8. The van der Waals surface area contributed by atoms with Crippen LogP contribution in [-0.4, -0.2) is 29.3 Å². The van der Waals surface area contributed by atoms with Gasteiger partial charge in [-0.05, 0) is 54.3 Å². The van der Waals surface area contributed by atoms with Crippen molar-refractivity contribution in [3.63, 3.8) is 0 Å². The summed E-state index contributed by atoms with van der Waals surface area (Å²) in [5.74, 6) is 0. The third-order valence-corrected chi connectivity index (χ3v) is 5.92.